The van der Waals surface area contributed by atoms with Gasteiger partial charge in [-0.3, -0.25) is 4.98 Å². The minimum absolute atomic E-state index is 0.780. The molecule has 2 aromatic heterocycles. The SMILES string of the molecule is CCNc1nc(C)nc(-c2ccncc2C)c1C. The first-order valence-electron chi connectivity index (χ1n) is 6.13. The van der Waals surface area contributed by atoms with E-state index in [1.54, 1.807) is 6.20 Å². The lowest BCUT2D eigenvalue weighted by atomic mass is 10.0. The highest BCUT2D eigenvalue weighted by atomic mass is 15.0. The summed E-state index contributed by atoms with van der Waals surface area (Å²) in [5.41, 5.74) is 4.31. The van der Waals surface area contributed by atoms with Crippen molar-refractivity contribution in [1.82, 2.24) is 15.0 Å². The van der Waals surface area contributed by atoms with Crippen LogP contribution in [0.1, 0.15) is 23.9 Å². The number of rotatable bonds is 3. The van der Waals surface area contributed by atoms with Gasteiger partial charge < -0.3 is 5.32 Å². The van der Waals surface area contributed by atoms with Crippen LogP contribution in [0.15, 0.2) is 18.5 Å². The molecule has 0 saturated carbocycles. The summed E-state index contributed by atoms with van der Waals surface area (Å²) in [4.78, 5) is 13.1. The van der Waals surface area contributed by atoms with Gasteiger partial charge in [0.25, 0.3) is 0 Å². The summed E-state index contributed by atoms with van der Waals surface area (Å²) in [7, 11) is 0. The van der Waals surface area contributed by atoms with Crippen molar-refractivity contribution in [2.24, 2.45) is 0 Å². The summed E-state index contributed by atoms with van der Waals surface area (Å²) >= 11 is 0. The molecule has 0 fully saturated rings. The van der Waals surface area contributed by atoms with Gasteiger partial charge in [0.15, 0.2) is 0 Å². The molecule has 0 radical (unpaired) electrons. The van der Waals surface area contributed by atoms with Crippen molar-refractivity contribution in [2.75, 3.05) is 11.9 Å². The van der Waals surface area contributed by atoms with Crippen molar-refractivity contribution in [2.45, 2.75) is 27.7 Å². The number of anilines is 1. The minimum atomic E-state index is 0.780. The summed E-state index contributed by atoms with van der Waals surface area (Å²) in [6.45, 7) is 8.93. The summed E-state index contributed by atoms with van der Waals surface area (Å²) in [5, 5.41) is 3.28. The summed E-state index contributed by atoms with van der Waals surface area (Å²) < 4.78 is 0. The molecule has 0 aromatic carbocycles. The van der Waals surface area contributed by atoms with E-state index in [1.807, 2.05) is 33.0 Å². The highest BCUT2D eigenvalue weighted by Gasteiger charge is 2.12. The van der Waals surface area contributed by atoms with Crippen molar-refractivity contribution in [3.63, 3.8) is 0 Å². The number of nitrogens with one attached hydrogen (secondary N) is 1. The van der Waals surface area contributed by atoms with Gasteiger partial charge in [0.2, 0.25) is 0 Å². The average molecular weight is 242 g/mol. The standard InChI is InChI=1S/C14H18N4/c1-5-16-14-10(3)13(17-11(4)18-14)12-6-7-15-8-9(12)2/h6-8H,5H2,1-4H3,(H,16,17,18). The summed E-state index contributed by atoms with van der Waals surface area (Å²) in [6.07, 6.45) is 3.66. The molecule has 2 heterocycles. The van der Waals surface area contributed by atoms with Crippen LogP contribution in [0, 0.1) is 20.8 Å². The zero-order valence-corrected chi connectivity index (χ0v) is 11.3. The first-order chi connectivity index (χ1) is 8.63. The third-order valence-electron chi connectivity index (χ3n) is 2.88. The Morgan fingerprint density at radius 2 is 1.94 bits per heavy atom. The Labute approximate surface area is 108 Å². The predicted molar refractivity (Wildman–Crippen MR) is 73.6 cm³/mol. The number of aromatic nitrogens is 3. The normalized spacial score (nSPS) is 10.4. The molecule has 0 spiro atoms. The first-order valence-corrected chi connectivity index (χ1v) is 6.13. The van der Waals surface area contributed by atoms with E-state index in [-0.39, 0.29) is 0 Å². The maximum atomic E-state index is 4.57. The van der Waals surface area contributed by atoms with E-state index in [4.69, 9.17) is 0 Å². The van der Waals surface area contributed by atoms with Crippen LogP contribution in [-0.4, -0.2) is 21.5 Å². The first kappa shape index (κ1) is 12.5. The highest BCUT2D eigenvalue weighted by Crippen LogP contribution is 2.27. The Morgan fingerprint density at radius 1 is 1.17 bits per heavy atom. The molecule has 4 nitrogen and oxygen atoms in total. The van der Waals surface area contributed by atoms with Crippen LogP contribution in [0.2, 0.25) is 0 Å². The monoisotopic (exact) mass is 242 g/mol. The molecule has 4 heteroatoms. The van der Waals surface area contributed by atoms with Crippen LogP contribution in [0.5, 0.6) is 0 Å². The molecule has 18 heavy (non-hydrogen) atoms. The lowest BCUT2D eigenvalue weighted by Gasteiger charge is -2.13. The molecule has 0 saturated heterocycles. The van der Waals surface area contributed by atoms with Gasteiger partial charge in [-0.1, -0.05) is 0 Å². The number of pyridine rings is 1. The smallest absolute Gasteiger partial charge is 0.133 e. The second kappa shape index (κ2) is 5.12. The fourth-order valence-corrected chi connectivity index (χ4v) is 1.97. The number of aryl methyl sites for hydroxylation is 2. The molecule has 0 bridgehead atoms. The van der Waals surface area contributed by atoms with Gasteiger partial charge in [-0.15, -0.1) is 0 Å². The third-order valence-corrected chi connectivity index (χ3v) is 2.88. The lowest BCUT2D eigenvalue weighted by molar-refractivity contribution is 1.02. The van der Waals surface area contributed by atoms with Gasteiger partial charge in [-0.05, 0) is 39.3 Å². The second-order valence-electron chi connectivity index (χ2n) is 4.31. The minimum Gasteiger partial charge on any atom is -0.370 e. The molecule has 0 amide bonds. The van der Waals surface area contributed by atoms with Gasteiger partial charge >= 0.3 is 0 Å². The molecule has 0 atom stereocenters. The molecule has 0 unspecified atom stereocenters. The topological polar surface area (TPSA) is 50.7 Å². The molecule has 94 valence electrons. The van der Waals surface area contributed by atoms with Crippen LogP contribution in [0.25, 0.3) is 11.3 Å². The van der Waals surface area contributed by atoms with E-state index in [2.05, 4.69) is 27.2 Å². The number of hydrogen-bond donors (Lipinski definition) is 1. The average Bonchev–Trinajstić information content (AvgIpc) is 2.34. The van der Waals surface area contributed by atoms with Crippen molar-refractivity contribution in [3.8, 4) is 11.3 Å². The molecular weight excluding hydrogens is 224 g/mol. The van der Waals surface area contributed by atoms with Crippen LogP contribution >= 0.6 is 0 Å². The zero-order valence-electron chi connectivity index (χ0n) is 11.3. The van der Waals surface area contributed by atoms with E-state index in [0.717, 1.165) is 40.6 Å². The molecular formula is C14H18N4. The second-order valence-corrected chi connectivity index (χ2v) is 4.31. The van der Waals surface area contributed by atoms with E-state index < -0.39 is 0 Å². The molecule has 1 N–H and O–H groups in total. The van der Waals surface area contributed by atoms with E-state index in [0.29, 0.717) is 0 Å². The number of nitrogens with zero attached hydrogens (tertiary/aromatic N) is 3. The Hall–Kier alpha value is -1.97. The van der Waals surface area contributed by atoms with Crippen LogP contribution in [-0.2, 0) is 0 Å². The Bertz CT molecular complexity index is 564. The van der Waals surface area contributed by atoms with Gasteiger partial charge in [0, 0.05) is 30.1 Å². The number of hydrogen-bond acceptors (Lipinski definition) is 4. The molecule has 0 aliphatic carbocycles. The highest BCUT2D eigenvalue weighted by molar-refractivity contribution is 5.70. The van der Waals surface area contributed by atoms with Gasteiger partial charge in [-0.2, -0.15) is 0 Å². The molecule has 0 aliphatic rings. The Kier molecular flexibility index (Phi) is 3.55. The van der Waals surface area contributed by atoms with Crippen molar-refractivity contribution in [3.05, 3.63) is 35.4 Å². The van der Waals surface area contributed by atoms with E-state index in [1.165, 1.54) is 0 Å². The molecule has 2 aromatic rings. The summed E-state index contributed by atoms with van der Waals surface area (Å²) in [6, 6.07) is 2.00. The quantitative estimate of drug-likeness (QED) is 0.899. The molecule has 2 rings (SSSR count). The molecule has 0 aliphatic heterocycles. The van der Waals surface area contributed by atoms with Crippen LogP contribution in [0.3, 0.4) is 0 Å². The van der Waals surface area contributed by atoms with Gasteiger partial charge in [0.05, 0.1) is 5.69 Å². The maximum absolute atomic E-state index is 4.57. The Morgan fingerprint density at radius 3 is 2.61 bits per heavy atom. The third kappa shape index (κ3) is 2.32. The van der Waals surface area contributed by atoms with E-state index in [9.17, 15) is 0 Å². The lowest BCUT2D eigenvalue weighted by Crippen LogP contribution is -2.06. The van der Waals surface area contributed by atoms with Crippen molar-refractivity contribution in [1.29, 1.82) is 0 Å². The van der Waals surface area contributed by atoms with Crippen LogP contribution < -0.4 is 5.32 Å². The fraction of sp³-hybridized carbons (Fsp3) is 0.357. The van der Waals surface area contributed by atoms with E-state index >= 15 is 0 Å². The Balaban J connectivity index is 2.61. The van der Waals surface area contributed by atoms with Gasteiger partial charge in [0.1, 0.15) is 11.6 Å². The van der Waals surface area contributed by atoms with Gasteiger partial charge in [-0.25, -0.2) is 9.97 Å². The predicted octanol–water partition coefficient (Wildman–Crippen LogP) is 2.90. The largest absolute Gasteiger partial charge is 0.370 e. The zero-order chi connectivity index (χ0) is 13.1. The maximum Gasteiger partial charge on any atom is 0.133 e. The van der Waals surface area contributed by atoms with Crippen molar-refractivity contribution < 1.29 is 0 Å². The van der Waals surface area contributed by atoms with Crippen LogP contribution in [0.4, 0.5) is 5.82 Å². The van der Waals surface area contributed by atoms with Crippen molar-refractivity contribution >= 4 is 5.82 Å². The summed E-state index contributed by atoms with van der Waals surface area (Å²) in [5.74, 6) is 1.69. The fourth-order valence-electron chi connectivity index (χ4n) is 1.97.